The first kappa shape index (κ1) is 23.9. The van der Waals surface area contributed by atoms with E-state index in [0.29, 0.717) is 39.4 Å². The van der Waals surface area contributed by atoms with Crippen LogP contribution in [-0.2, 0) is 9.53 Å². The second-order valence-electron chi connectivity index (χ2n) is 7.48. The van der Waals surface area contributed by atoms with E-state index in [1.807, 2.05) is 55.5 Å². The molecule has 34 heavy (non-hydrogen) atoms. The monoisotopic (exact) mass is 538 g/mol. The van der Waals surface area contributed by atoms with E-state index in [4.69, 9.17) is 9.47 Å². The summed E-state index contributed by atoms with van der Waals surface area (Å²) in [6.45, 7) is 5.98. The fraction of sp³-hybridized carbons (Fsp3) is 0.192. The van der Waals surface area contributed by atoms with Gasteiger partial charge in [-0.15, -0.1) is 0 Å². The Balaban J connectivity index is 1.97. The highest BCUT2D eigenvalue weighted by Gasteiger charge is 2.33. The maximum absolute atomic E-state index is 13.7. The summed E-state index contributed by atoms with van der Waals surface area (Å²) in [5, 5.41) is 0. The number of fused-ring (bicyclic) bond motifs is 1. The van der Waals surface area contributed by atoms with E-state index in [-0.39, 0.29) is 5.56 Å². The Kier molecular flexibility index (Phi) is 7.29. The molecule has 1 atom stereocenters. The van der Waals surface area contributed by atoms with Gasteiger partial charge in [-0.2, -0.15) is 0 Å². The van der Waals surface area contributed by atoms with Crippen LogP contribution in [0.3, 0.4) is 0 Å². The summed E-state index contributed by atoms with van der Waals surface area (Å²) in [5.41, 5.74) is 2.33. The van der Waals surface area contributed by atoms with E-state index < -0.39 is 12.0 Å². The van der Waals surface area contributed by atoms with Gasteiger partial charge in [0.2, 0.25) is 0 Å². The zero-order valence-corrected chi connectivity index (χ0v) is 21.2. The van der Waals surface area contributed by atoms with Crippen molar-refractivity contribution in [2.45, 2.75) is 19.4 Å². The Labute approximate surface area is 209 Å². The predicted octanol–water partition coefficient (Wildman–Crippen LogP) is 4.13. The standard InChI is InChI=1S/C26H23BrN2O4S/c1-4-13-33-20-12-11-18(27)14-17(20)15-21-24(30)29-23(16-9-7-6-8-10-16)22(25(31)32-3)19(5-2)28-26(29)34-21/h4,6-12,14-15,23H,1,5,13H2,2-3H3/b21-15+/t23-/m1/s1. The third-order valence-corrected chi connectivity index (χ3v) is 6.86. The Morgan fingerprint density at radius 1 is 1.26 bits per heavy atom. The van der Waals surface area contributed by atoms with E-state index in [1.165, 1.54) is 18.4 Å². The topological polar surface area (TPSA) is 69.9 Å². The molecule has 0 spiro atoms. The normalized spacial score (nSPS) is 15.5. The number of esters is 1. The summed E-state index contributed by atoms with van der Waals surface area (Å²) in [7, 11) is 1.34. The Morgan fingerprint density at radius 3 is 2.71 bits per heavy atom. The number of carbonyl (C=O) groups is 1. The minimum absolute atomic E-state index is 0.233. The zero-order chi connectivity index (χ0) is 24.2. The molecule has 174 valence electrons. The van der Waals surface area contributed by atoms with E-state index in [9.17, 15) is 9.59 Å². The summed E-state index contributed by atoms with van der Waals surface area (Å²) in [4.78, 5) is 31.8. The number of benzene rings is 2. The highest BCUT2D eigenvalue weighted by molar-refractivity contribution is 9.10. The molecule has 1 aromatic heterocycles. The number of aromatic nitrogens is 1. The zero-order valence-electron chi connectivity index (χ0n) is 18.8. The summed E-state index contributed by atoms with van der Waals surface area (Å²) < 4.78 is 13.8. The molecule has 2 heterocycles. The van der Waals surface area contributed by atoms with Crippen molar-refractivity contribution in [3.63, 3.8) is 0 Å². The Hall–Kier alpha value is -3.23. The van der Waals surface area contributed by atoms with Gasteiger partial charge in [-0.3, -0.25) is 9.36 Å². The molecule has 3 aromatic rings. The number of allylic oxidation sites excluding steroid dienone is 1. The maximum Gasteiger partial charge on any atom is 0.338 e. The fourth-order valence-corrected chi connectivity index (χ4v) is 5.26. The van der Waals surface area contributed by atoms with Crippen molar-refractivity contribution in [3.05, 3.63) is 108 Å². The maximum atomic E-state index is 13.7. The minimum atomic E-state index is -0.624. The second kappa shape index (κ2) is 10.4. The van der Waals surface area contributed by atoms with E-state index in [2.05, 4.69) is 27.5 Å². The highest BCUT2D eigenvalue weighted by atomic mass is 79.9. The van der Waals surface area contributed by atoms with Crippen molar-refractivity contribution >= 4 is 39.3 Å². The van der Waals surface area contributed by atoms with E-state index in [0.717, 1.165) is 15.6 Å². The lowest BCUT2D eigenvalue weighted by Gasteiger charge is -2.25. The van der Waals surface area contributed by atoms with Crippen molar-refractivity contribution in [3.8, 4) is 5.75 Å². The van der Waals surface area contributed by atoms with Crippen molar-refractivity contribution < 1.29 is 14.3 Å². The number of rotatable bonds is 7. The molecule has 0 aliphatic carbocycles. The SMILES string of the molecule is C=CCOc1ccc(Br)cc1/C=c1/sc2n(c1=O)[C@H](c1ccccc1)C(C(=O)OC)=C(CC)N=2. The van der Waals surface area contributed by atoms with Crippen LogP contribution in [0, 0.1) is 0 Å². The van der Waals surface area contributed by atoms with Gasteiger partial charge >= 0.3 is 5.97 Å². The molecule has 0 radical (unpaired) electrons. The van der Waals surface area contributed by atoms with Crippen LogP contribution >= 0.6 is 27.3 Å². The average Bonchev–Trinajstić information content (AvgIpc) is 3.17. The minimum Gasteiger partial charge on any atom is -0.489 e. The second-order valence-corrected chi connectivity index (χ2v) is 9.41. The van der Waals surface area contributed by atoms with Gasteiger partial charge in [0.15, 0.2) is 4.80 Å². The van der Waals surface area contributed by atoms with Crippen LogP contribution in [0.15, 0.2) is 86.7 Å². The van der Waals surface area contributed by atoms with Crippen molar-refractivity contribution in [2.75, 3.05) is 13.7 Å². The number of hydrogen-bond donors (Lipinski definition) is 0. The molecule has 0 amide bonds. The van der Waals surface area contributed by atoms with Crippen LogP contribution in [-0.4, -0.2) is 24.3 Å². The number of hydrogen-bond acceptors (Lipinski definition) is 6. The summed E-state index contributed by atoms with van der Waals surface area (Å²) in [6, 6.07) is 14.5. The van der Waals surface area contributed by atoms with Crippen molar-refractivity contribution in [1.82, 2.24) is 4.57 Å². The summed E-state index contributed by atoms with van der Waals surface area (Å²) >= 11 is 4.78. The first-order valence-corrected chi connectivity index (χ1v) is 12.3. The fourth-order valence-electron chi connectivity index (χ4n) is 3.87. The summed E-state index contributed by atoms with van der Waals surface area (Å²) in [6.07, 6.45) is 3.99. The molecular weight excluding hydrogens is 516 g/mol. The molecule has 0 N–H and O–H groups in total. The molecule has 0 bridgehead atoms. The Bertz CT molecular complexity index is 1450. The Morgan fingerprint density at radius 2 is 2.03 bits per heavy atom. The molecule has 0 saturated carbocycles. The van der Waals surface area contributed by atoms with Crippen molar-refractivity contribution in [2.24, 2.45) is 4.99 Å². The van der Waals surface area contributed by atoms with E-state index in [1.54, 1.807) is 16.7 Å². The lowest BCUT2D eigenvalue weighted by atomic mass is 9.95. The van der Waals surface area contributed by atoms with Gasteiger partial charge in [0.25, 0.3) is 5.56 Å². The lowest BCUT2D eigenvalue weighted by molar-refractivity contribution is -0.136. The van der Waals surface area contributed by atoms with Gasteiger partial charge in [-0.25, -0.2) is 9.79 Å². The van der Waals surface area contributed by atoms with Crippen LogP contribution in [0.5, 0.6) is 5.75 Å². The molecular formula is C26H23BrN2O4S. The largest absolute Gasteiger partial charge is 0.489 e. The highest BCUT2D eigenvalue weighted by Crippen LogP contribution is 2.31. The first-order valence-electron chi connectivity index (χ1n) is 10.7. The van der Waals surface area contributed by atoms with Crippen LogP contribution in [0.2, 0.25) is 0 Å². The first-order chi connectivity index (χ1) is 16.5. The molecule has 2 aromatic carbocycles. The van der Waals surface area contributed by atoms with Gasteiger partial charge in [-0.05, 0) is 36.3 Å². The lowest BCUT2D eigenvalue weighted by Crippen LogP contribution is -2.40. The molecule has 0 fully saturated rings. The molecule has 1 aliphatic rings. The van der Waals surface area contributed by atoms with Crippen LogP contribution < -0.4 is 19.6 Å². The number of methoxy groups -OCH3 is 1. The van der Waals surface area contributed by atoms with Crippen LogP contribution in [0.25, 0.3) is 6.08 Å². The molecule has 0 unspecified atom stereocenters. The van der Waals surface area contributed by atoms with Gasteiger partial charge < -0.3 is 9.47 Å². The molecule has 4 rings (SSSR count). The third kappa shape index (κ3) is 4.56. The molecule has 0 saturated heterocycles. The number of halogens is 1. The van der Waals surface area contributed by atoms with E-state index >= 15 is 0 Å². The number of ether oxygens (including phenoxy) is 2. The van der Waals surface area contributed by atoms with Gasteiger partial charge in [0.05, 0.1) is 29.0 Å². The van der Waals surface area contributed by atoms with Gasteiger partial charge in [-0.1, -0.05) is 77.2 Å². The average molecular weight is 539 g/mol. The van der Waals surface area contributed by atoms with Gasteiger partial charge in [0.1, 0.15) is 12.4 Å². The van der Waals surface area contributed by atoms with Gasteiger partial charge in [0, 0.05) is 10.0 Å². The molecule has 6 nitrogen and oxygen atoms in total. The van der Waals surface area contributed by atoms with Crippen molar-refractivity contribution in [1.29, 1.82) is 0 Å². The van der Waals surface area contributed by atoms with Crippen LogP contribution in [0.4, 0.5) is 0 Å². The van der Waals surface area contributed by atoms with Crippen LogP contribution in [0.1, 0.15) is 30.5 Å². The number of carbonyl (C=O) groups excluding carboxylic acids is 1. The smallest absolute Gasteiger partial charge is 0.338 e. The molecule has 8 heteroatoms. The number of nitrogens with zero attached hydrogens (tertiary/aromatic N) is 2. The number of thiazole rings is 1. The summed E-state index contributed by atoms with van der Waals surface area (Å²) in [5.74, 6) is 0.147. The third-order valence-electron chi connectivity index (χ3n) is 5.38. The quantitative estimate of drug-likeness (QED) is 0.335. The molecule has 1 aliphatic heterocycles. The predicted molar refractivity (Wildman–Crippen MR) is 137 cm³/mol.